The second kappa shape index (κ2) is 3.59. The summed E-state index contributed by atoms with van der Waals surface area (Å²) in [6.07, 6.45) is 0. The summed E-state index contributed by atoms with van der Waals surface area (Å²) in [5.74, 6) is 0. The van der Waals surface area contributed by atoms with E-state index in [1.807, 2.05) is 12.1 Å². The van der Waals surface area contributed by atoms with Crippen LogP contribution in [0.15, 0.2) is 24.3 Å². The molecule has 0 saturated carbocycles. The van der Waals surface area contributed by atoms with E-state index in [0.29, 0.717) is 0 Å². The quantitative estimate of drug-likeness (QED) is 0.765. The molecule has 2 N–H and O–H groups in total. The largest absolute Gasteiger partial charge is 0.398 e. The maximum atomic E-state index is 5.90. The van der Waals surface area contributed by atoms with Gasteiger partial charge in [-0.1, -0.05) is 12.1 Å². The molecule has 0 radical (unpaired) electrons. The number of rotatable bonds is 2. The van der Waals surface area contributed by atoms with Crippen molar-refractivity contribution in [1.29, 1.82) is 0 Å². The molecular weight excluding hydrogens is 192 g/mol. The summed E-state index contributed by atoms with van der Waals surface area (Å²) in [5.41, 5.74) is 6.78. The first-order chi connectivity index (χ1) is 6.66. The highest BCUT2D eigenvalue weighted by molar-refractivity contribution is 7.19. The summed E-state index contributed by atoms with van der Waals surface area (Å²) in [7, 11) is 4.15. The average Bonchev–Trinajstić information content (AvgIpc) is 2.47. The summed E-state index contributed by atoms with van der Waals surface area (Å²) in [4.78, 5) is 3.53. The molecule has 0 bridgehead atoms. The Bertz CT molecular complexity index is 445. The highest BCUT2D eigenvalue weighted by Crippen LogP contribution is 2.30. The van der Waals surface area contributed by atoms with Gasteiger partial charge in [-0.2, -0.15) is 0 Å². The summed E-state index contributed by atoms with van der Waals surface area (Å²) in [6, 6.07) is 8.29. The van der Waals surface area contributed by atoms with Gasteiger partial charge >= 0.3 is 0 Å². The van der Waals surface area contributed by atoms with E-state index in [9.17, 15) is 0 Å². The molecule has 0 fully saturated rings. The Hall–Kier alpha value is -1.06. The fraction of sp³-hybridized carbons (Fsp3) is 0.273. The van der Waals surface area contributed by atoms with Crippen LogP contribution in [0, 0.1) is 0 Å². The standard InChI is InChI=1S/C11H14N2S/c1-13(2)7-9-6-8-4-3-5-10(12)11(8)14-9/h3-6H,7,12H2,1-2H3. The van der Waals surface area contributed by atoms with Crippen LogP contribution in [0.4, 0.5) is 5.69 Å². The SMILES string of the molecule is CN(C)Cc1cc2cccc(N)c2s1. The van der Waals surface area contributed by atoms with Crippen LogP contribution in [0.3, 0.4) is 0 Å². The zero-order valence-corrected chi connectivity index (χ0v) is 9.27. The number of hydrogen-bond acceptors (Lipinski definition) is 3. The second-order valence-corrected chi connectivity index (χ2v) is 4.85. The van der Waals surface area contributed by atoms with Crippen molar-refractivity contribution in [1.82, 2.24) is 4.90 Å². The van der Waals surface area contributed by atoms with Crippen molar-refractivity contribution < 1.29 is 0 Å². The Morgan fingerprint density at radius 1 is 1.36 bits per heavy atom. The lowest BCUT2D eigenvalue weighted by Gasteiger charge is -2.05. The molecule has 74 valence electrons. The molecule has 2 nitrogen and oxygen atoms in total. The predicted molar refractivity (Wildman–Crippen MR) is 63.6 cm³/mol. The van der Waals surface area contributed by atoms with Crippen molar-refractivity contribution in [2.75, 3.05) is 19.8 Å². The van der Waals surface area contributed by atoms with Crippen LogP contribution in [0.1, 0.15) is 4.88 Å². The number of hydrogen-bond donors (Lipinski definition) is 1. The first kappa shape index (κ1) is 9.49. The van der Waals surface area contributed by atoms with Crippen LogP contribution >= 0.6 is 11.3 Å². The molecule has 0 atom stereocenters. The fourth-order valence-electron chi connectivity index (χ4n) is 1.53. The normalized spacial score (nSPS) is 11.4. The number of fused-ring (bicyclic) bond motifs is 1. The topological polar surface area (TPSA) is 29.3 Å². The lowest BCUT2D eigenvalue weighted by Crippen LogP contribution is -2.09. The van der Waals surface area contributed by atoms with Crippen LogP contribution in [-0.2, 0) is 6.54 Å². The second-order valence-electron chi connectivity index (χ2n) is 3.72. The van der Waals surface area contributed by atoms with Gasteiger partial charge in [0.15, 0.2) is 0 Å². The van der Waals surface area contributed by atoms with Crippen LogP contribution in [0.2, 0.25) is 0 Å². The van der Waals surface area contributed by atoms with E-state index in [1.54, 1.807) is 11.3 Å². The molecule has 0 amide bonds. The minimum absolute atomic E-state index is 0.887. The molecule has 0 aliphatic carbocycles. The number of nitrogens with two attached hydrogens (primary N) is 1. The van der Waals surface area contributed by atoms with E-state index in [4.69, 9.17) is 5.73 Å². The number of nitrogens with zero attached hydrogens (tertiary/aromatic N) is 1. The van der Waals surface area contributed by atoms with Crippen LogP contribution in [-0.4, -0.2) is 19.0 Å². The van der Waals surface area contributed by atoms with Gasteiger partial charge in [0, 0.05) is 17.1 Å². The Morgan fingerprint density at radius 3 is 2.79 bits per heavy atom. The summed E-state index contributed by atoms with van der Waals surface area (Å²) in [6.45, 7) is 0.985. The first-order valence-corrected chi connectivity index (χ1v) is 5.40. The Kier molecular flexibility index (Phi) is 2.44. The third-order valence-corrected chi connectivity index (χ3v) is 3.28. The van der Waals surface area contributed by atoms with Crippen LogP contribution in [0.5, 0.6) is 0 Å². The molecular formula is C11H14N2S. The highest BCUT2D eigenvalue weighted by Gasteiger charge is 2.04. The van der Waals surface area contributed by atoms with Crippen molar-refractivity contribution in [2.24, 2.45) is 0 Å². The summed E-state index contributed by atoms with van der Waals surface area (Å²) >= 11 is 1.79. The Labute approximate surface area is 87.9 Å². The Morgan fingerprint density at radius 2 is 2.14 bits per heavy atom. The summed E-state index contributed by atoms with van der Waals surface area (Å²) in [5, 5.41) is 1.26. The number of thiophene rings is 1. The zero-order chi connectivity index (χ0) is 10.1. The highest BCUT2D eigenvalue weighted by atomic mass is 32.1. The molecule has 3 heteroatoms. The van der Waals surface area contributed by atoms with E-state index in [0.717, 1.165) is 12.2 Å². The Balaban J connectivity index is 2.46. The molecule has 2 aromatic rings. The fourth-order valence-corrected chi connectivity index (χ4v) is 2.73. The number of anilines is 1. The molecule has 2 rings (SSSR count). The monoisotopic (exact) mass is 206 g/mol. The maximum absolute atomic E-state index is 5.90. The summed E-state index contributed by atoms with van der Waals surface area (Å²) < 4.78 is 1.21. The van der Waals surface area contributed by atoms with E-state index in [1.165, 1.54) is 15.0 Å². The van der Waals surface area contributed by atoms with Crippen LogP contribution in [0.25, 0.3) is 10.1 Å². The average molecular weight is 206 g/mol. The van der Waals surface area contributed by atoms with Crippen molar-refractivity contribution in [3.8, 4) is 0 Å². The van der Waals surface area contributed by atoms with Gasteiger partial charge in [-0.3, -0.25) is 0 Å². The smallest absolute Gasteiger partial charge is 0.0575 e. The zero-order valence-electron chi connectivity index (χ0n) is 8.45. The third-order valence-electron chi connectivity index (χ3n) is 2.10. The maximum Gasteiger partial charge on any atom is 0.0575 e. The molecule has 1 aromatic carbocycles. The lowest BCUT2D eigenvalue weighted by molar-refractivity contribution is 0.406. The van der Waals surface area contributed by atoms with Crippen molar-refractivity contribution in [3.63, 3.8) is 0 Å². The molecule has 1 heterocycles. The van der Waals surface area contributed by atoms with E-state index in [2.05, 4.69) is 31.1 Å². The van der Waals surface area contributed by atoms with Gasteiger partial charge in [0.1, 0.15) is 0 Å². The molecule has 1 aromatic heterocycles. The van der Waals surface area contributed by atoms with E-state index < -0.39 is 0 Å². The molecule has 0 saturated heterocycles. The number of nitrogen functional groups attached to an aromatic ring is 1. The van der Waals surface area contributed by atoms with Gasteiger partial charge < -0.3 is 10.6 Å². The minimum Gasteiger partial charge on any atom is -0.398 e. The van der Waals surface area contributed by atoms with Gasteiger partial charge in [-0.25, -0.2) is 0 Å². The van der Waals surface area contributed by atoms with Crippen molar-refractivity contribution in [2.45, 2.75) is 6.54 Å². The molecule has 0 aliphatic rings. The first-order valence-electron chi connectivity index (χ1n) is 4.58. The van der Waals surface area contributed by atoms with Gasteiger partial charge in [0.25, 0.3) is 0 Å². The van der Waals surface area contributed by atoms with Crippen molar-refractivity contribution in [3.05, 3.63) is 29.1 Å². The molecule has 0 unspecified atom stereocenters. The van der Waals surface area contributed by atoms with Crippen LogP contribution < -0.4 is 5.73 Å². The minimum atomic E-state index is 0.887. The van der Waals surface area contributed by atoms with Gasteiger partial charge in [0.05, 0.1) is 4.70 Å². The third kappa shape index (κ3) is 1.74. The predicted octanol–water partition coefficient (Wildman–Crippen LogP) is 2.55. The van der Waals surface area contributed by atoms with Gasteiger partial charge in [-0.15, -0.1) is 11.3 Å². The lowest BCUT2D eigenvalue weighted by atomic mass is 10.2. The van der Waals surface area contributed by atoms with Gasteiger partial charge in [-0.05, 0) is 31.6 Å². The van der Waals surface area contributed by atoms with E-state index in [-0.39, 0.29) is 0 Å². The van der Waals surface area contributed by atoms with Gasteiger partial charge in [0.2, 0.25) is 0 Å². The molecule has 0 spiro atoms. The molecule has 14 heavy (non-hydrogen) atoms. The van der Waals surface area contributed by atoms with E-state index >= 15 is 0 Å². The molecule has 0 aliphatic heterocycles. The van der Waals surface area contributed by atoms with Crippen molar-refractivity contribution >= 4 is 27.1 Å². The number of benzene rings is 1.